The molecule has 1 N–H and O–H groups in total. The lowest BCUT2D eigenvalue weighted by atomic mass is 9.87. The Morgan fingerprint density at radius 2 is 2.08 bits per heavy atom. The fourth-order valence-electron chi connectivity index (χ4n) is 2.94. The van der Waals surface area contributed by atoms with Crippen molar-refractivity contribution >= 4 is 12.3 Å². The van der Waals surface area contributed by atoms with Gasteiger partial charge in [-0.25, -0.2) is 9.97 Å². The smallest absolute Gasteiger partial charge is 0.306 e. The van der Waals surface area contributed by atoms with Crippen LogP contribution in [0.1, 0.15) is 36.2 Å². The van der Waals surface area contributed by atoms with Gasteiger partial charge in [0.05, 0.1) is 36.2 Å². The minimum Gasteiger partial charge on any atom is -0.487 e. The van der Waals surface area contributed by atoms with Gasteiger partial charge in [-0.3, -0.25) is 14.3 Å². The molecule has 0 amide bonds. The molecule has 2 heterocycles. The summed E-state index contributed by atoms with van der Waals surface area (Å²) >= 11 is 0. The van der Waals surface area contributed by atoms with E-state index in [2.05, 4.69) is 15.1 Å². The van der Waals surface area contributed by atoms with Crippen molar-refractivity contribution in [3.05, 3.63) is 24.3 Å². The summed E-state index contributed by atoms with van der Waals surface area (Å²) in [7, 11) is 1.67. The van der Waals surface area contributed by atoms with E-state index in [0.717, 1.165) is 12.8 Å². The number of carbonyl (C=O) groups is 2. The Labute approximate surface area is 138 Å². The van der Waals surface area contributed by atoms with Crippen molar-refractivity contribution in [2.75, 3.05) is 0 Å². The highest BCUT2D eigenvalue weighted by Crippen LogP contribution is 2.28. The molecule has 8 nitrogen and oxygen atoms in total. The van der Waals surface area contributed by atoms with E-state index in [0.29, 0.717) is 42.0 Å². The highest BCUT2D eigenvalue weighted by molar-refractivity contribution is 5.83. The van der Waals surface area contributed by atoms with Gasteiger partial charge in [-0.15, -0.1) is 0 Å². The number of carboxylic acid groups (broad SMARTS) is 1. The van der Waals surface area contributed by atoms with Crippen molar-refractivity contribution in [3.8, 4) is 17.1 Å². The van der Waals surface area contributed by atoms with Gasteiger partial charge in [-0.2, -0.15) is 5.10 Å². The number of carbonyl (C=O) groups excluding carboxylic acids is 1. The van der Waals surface area contributed by atoms with Gasteiger partial charge in [-0.1, -0.05) is 0 Å². The topological polar surface area (TPSA) is 107 Å². The van der Waals surface area contributed by atoms with E-state index in [1.54, 1.807) is 7.05 Å². The summed E-state index contributed by atoms with van der Waals surface area (Å²) in [5, 5.41) is 13.1. The maximum absolute atomic E-state index is 11.1. The van der Waals surface area contributed by atoms with Crippen LogP contribution in [0.25, 0.3) is 11.4 Å². The Balaban J connectivity index is 1.70. The van der Waals surface area contributed by atoms with Crippen LogP contribution < -0.4 is 4.74 Å². The molecule has 1 aliphatic carbocycles. The average molecular weight is 330 g/mol. The van der Waals surface area contributed by atoms with E-state index >= 15 is 0 Å². The first-order chi connectivity index (χ1) is 11.6. The summed E-state index contributed by atoms with van der Waals surface area (Å²) in [4.78, 5) is 30.7. The monoisotopic (exact) mass is 330 g/mol. The highest BCUT2D eigenvalue weighted by atomic mass is 16.5. The summed E-state index contributed by atoms with van der Waals surface area (Å²) in [5.41, 5.74) is 0.961. The Hall–Kier alpha value is -2.77. The van der Waals surface area contributed by atoms with Crippen molar-refractivity contribution in [1.29, 1.82) is 0 Å². The number of hydrogen-bond donors (Lipinski definition) is 1. The van der Waals surface area contributed by atoms with Crippen LogP contribution in [0.4, 0.5) is 0 Å². The molecule has 2 aromatic rings. The van der Waals surface area contributed by atoms with Gasteiger partial charge >= 0.3 is 5.97 Å². The largest absolute Gasteiger partial charge is 0.487 e. The predicted octanol–water partition coefficient (Wildman–Crippen LogP) is 1.71. The molecule has 0 saturated heterocycles. The molecule has 2 aromatic heterocycles. The Morgan fingerprint density at radius 1 is 1.33 bits per heavy atom. The minimum absolute atomic E-state index is 0.141. The molecule has 0 aromatic carbocycles. The molecule has 1 aliphatic rings. The van der Waals surface area contributed by atoms with E-state index in [1.165, 1.54) is 23.3 Å². The molecule has 24 heavy (non-hydrogen) atoms. The van der Waals surface area contributed by atoms with E-state index in [-0.39, 0.29) is 12.0 Å². The van der Waals surface area contributed by atoms with Crippen LogP contribution in [0.2, 0.25) is 0 Å². The number of aryl methyl sites for hydroxylation is 1. The molecule has 0 radical (unpaired) electrons. The number of ether oxygens (including phenoxy) is 1. The predicted molar refractivity (Wildman–Crippen MR) is 83.6 cm³/mol. The third-order valence-electron chi connectivity index (χ3n) is 4.24. The van der Waals surface area contributed by atoms with Crippen molar-refractivity contribution in [1.82, 2.24) is 19.7 Å². The lowest BCUT2D eigenvalue weighted by Crippen LogP contribution is -2.29. The highest BCUT2D eigenvalue weighted by Gasteiger charge is 2.28. The van der Waals surface area contributed by atoms with Gasteiger partial charge < -0.3 is 9.84 Å². The molecule has 2 unspecified atom stereocenters. The summed E-state index contributed by atoms with van der Waals surface area (Å²) < 4.78 is 7.27. The standard InChI is InChI=1S/C16H18N4O4/c1-20-14(9-21)13(8-19-20)15-17-6-12(7-18-15)24-11-4-2-3-10(5-11)16(22)23/h6-11H,2-5H2,1H3,(H,22,23). The number of aldehydes is 1. The second kappa shape index (κ2) is 6.77. The molecule has 1 saturated carbocycles. The minimum atomic E-state index is -0.770. The first-order valence-corrected chi connectivity index (χ1v) is 7.77. The number of aliphatic carboxylic acids is 1. The third-order valence-corrected chi connectivity index (χ3v) is 4.24. The Morgan fingerprint density at radius 3 is 2.75 bits per heavy atom. The zero-order valence-corrected chi connectivity index (χ0v) is 13.3. The first kappa shape index (κ1) is 16.1. The molecule has 1 fully saturated rings. The molecule has 0 spiro atoms. The lowest BCUT2D eigenvalue weighted by molar-refractivity contribution is -0.143. The van der Waals surface area contributed by atoms with Gasteiger partial charge in [0.1, 0.15) is 5.69 Å². The van der Waals surface area contributed by atoms with Gasteiger partial charge in [0.15, 0.2) is 17.9 Å². The normalized spacial score (nSPS) is 20.5. The Kier molecular flexibility index (Phi) is 4.54. The summed E-state index contributed by atoms with van der Waals surface area (Å²) in [6.07, 6.45) is 8.03. The van der Waals surface area contributed by atoms with Crippen LogP contribution in [-0.2, 0) is 11.8 Å². The van der Waals surface area contributed by atoms with E-state index in [1.807, 2.05) is 0 Å². The van der Waals surface area contributed by atoms with Gasteiger partial charge in [0.25, 0.3) is 0 Å². The van der Waals surface area contributed by atoms with Crippen LogP contribution in [0.5, 0.6) is 5.75 Å². The number of carboxylic acids is 1. The van der Waals surface area contributed by atoms with Crippen LogP contribution in [0, 0.1) is 5.92 Å². The van der Waals surface area contributed by atoms with Crippen molar-refractivity contribution < 1.29 is 19.4 Å². The third kappa shape index (κ3) is 3.27. The van der Waals surface area contributed by atoms with Crippen molar-refractivity contribution in [2.45, 2.75) is 31.8 Å². The van der Waals surface area contributed by atoms with Gasteiger partial charge in [-0.05, 0) is 25.7 Å². The number of hydrogen-bond acceptors (Lipinski definition) is 6. The summed E-state index contributed by atoms with van der Waals surface area (Å²) in [6.45, 7) is 0. The maximum Gasteiger partial charge on any atom is 0.306 e. The van der Waals surface area contributed by atoms with Crippen LogP contribution in [0.3, 0.4) is 0 Å². The quantitative estimate of drug-likeness (QED) is 0.831. The zero-order chi connectivity index (χ0) is 17.1. The van der Waals surface area contributed by atoms with Gasteiger partial charge in [0.2, 0.25) is 0 Å². The fourth-order valence-corrected chi connectivity index (χ4v) is 2.94. The molecule has 0 bridgehead atoms. The molecule has 3 rings (SSSR count). The summed E-state index contributed by atoms with van der Waals surface area (Å²) in [5.74, 6) is -0.238. The van der Waals surface area contributed by atoms with Crippen molar-refractivity contribution in [3.63, 3.8) is 0 Å². The average Bonchev–Trinajstić information content (AvgIpc) is 2.96. The SMILES string of the molecule is Cn1ncc(-c2ncc(OC3CCCC(C(=O)O)C3)cn2)c1C=O. The van der Waals surface area contributed by atoms with Gasteiger partial charge in [0, 0.05) is 7.05 Å². The van der Waals surface area contributed by atoms with Crippen LogP contribution >= 0.6 is 0 Å². The number of rotatable bonds is 5. The van der Waals surface area contributed by atoms with Crippen LogP contribution in [-0.4, -0.2) is 43.2 Å². The van der Waals surface area contributed by atoms with E-state index in [9.17, 15) is 9.59 Å². The van der Waals surface area contributed by atoms with E-state index < -0.39 is 5.97 Å². The number of aromatic nitrogens is 4. The Bertz CT molecular complexity index is 741. The molecule has 126 valence electrons. The second-order valence-corrected chi connectivity index (χ2v) is 5.87. The summed E-state index contributed by atoms with van der Waals surface area (Å²) in [6, 6.07) is 0. The molecule has 8 heteroatoms. The fraction of sp³-hybridized carbons (Fsp3) is 0.438. The van der Waals surface area contributed by atoms with E-state index in [4.69, 9.17) is 9.84 Å². The lowest BCUT2D eigenvalue weighted by Gasteiger charge is -2.27. The molecule has 2 atom stereocenters. The molecular weight excluding hydrogens is 312 g/mol. The van der Waals surface area contributed by atoms with Crippen LogP contribution in [0.15, 0.2) is 18.6 Å². The first-order valence-electron chi connectivity index (χ1n) is 7.77. The van der Waals surface area contributed by atoms with Crippen molar-refractivity contribution in [2.24, 2.45) is 13.0 Å². The maximum atomic E-state index is 11.1. The zero-order valence-electron chi connectivity index (χ0n) is 13.3. The number of nitrogens with zero attached hydrogens (tertiary/aromatic N) is 4. The molecule has 0 aliphatic heterocycles. The molecular formula is C16H18N4O4. The second-order valence-electron chi connectivity index (χ2n) is 5.87.